The lowest BCUT2D eigenvalue weighted by molar-refractivity contribution is 0.0377. The Morgan fingerprint density at radius 3 is 2.79 bits per heavy atom. The Morgan fingerprint density at radius 1 is 1.29 bits per heavy atom. The highest BCUT2D eigenvalue weighted by Crippen LogP contribution is 2.54. The highest BCUT2D eigenvalue weighted by molar-refractivity contribution is 6.30. The Labute approximate surface area is 168 Å². The lowest BCUT2D eigenvalue weighted by Crippen LogP contribution is -2.33. The van der Waals surface area contributed by atoms with E-state index < -0.39 is 0 Å². The second-order valence-corrected chi connectivity index (χ2v) is 8.38. The molecule has 0 radical (unpaired) electrons. The fourth-order valence-corrected chi connectivity index (χ4v) is 5.32. The maximum atomic E-state index is 12.5. The summed E-state index contributed by atoms with van der Waals surface area (Å²) in [6, 6.07) is 9.16. The predicted octanol–water partition coefficient (Wildman–Crippen LogP) is 4.53. The lowest BCUT2D eigenvalue weighted by atomic mass is 9.75. The molecule has 5 rings (SSSR count). The van der Waals surface area contributed by atoms with Gasteiger partial charge in [0.1, 0.15) is 5.15 Å². The van der Waals surface area contributed by atoms with Crippen LogP contribution >= 0.6 is 11.6 Å². The smallest absolute Gasteiger partial charge is 0.338 e. The summed E-state index contributed by atoms with van der Waals surface area (Å²) in [6.45, 7) is 2.40. The van der Waals surface area contributed by atoms with Gasteiger partial charge >= 0.3 is 5.97 Å². The second-order valence-electron chi connectivity index (χ2n) is 8.02. The monoisotopic (exact) mass is 395 g/mol. The number of aromatic nitrogens is 3. The summed E-state index contributed by atoms with van der Waals surface area (Å²) in [6.07, 6.45) is 7.07. The molecule has 0 N–H and O–H groups in total. The summed E-state index contributed by atoms with van der Waals surface area (Å²) in [4.78, 5) is 17.5. The second kappa shape index (κ2) is 6.59. The van der Waals surface area contributed by atoms with Gasteiger partial charge in [0.05, 0.1) is 24.1 Å². The Morgan fingerprint density at radius 2 is 2.04 bits per heavy atom. The van der Waals surface area contributed by atoms with Crippen LogP contribution in [0.2, 0.25) is 5.15 Å². The largest absolute Gasteiger partial charge is 0.462 e. The summed E-state index contributed by atoms with van der Waals surface area (Å²) in [5.41, 5.74) is 4.57. The van der Waals surface area contributed by atoms with Crippen molar-refractivity contribution in [1.29, 1.82) is 0 Å². The molecule has 1 saturated carbocycles. The number of hydrogen-bond donors (Lipinski definition) is 0. The number of carbonyl (C=O) groups excluding carboxylic acids is 1. The normalized spacial score (nSPS) is 20.0. The van der Waals surface area contributed by atoms with E-state index in [-0.39, 0.29) is 17.3 Å². The van der Waals surface area contributed by atoms with Crippen molar-refractivity contribution in [3.8, 4) is 0 Å². The molecule has 1 spiro atoms. The molecule has 1 atom stereocenters. The van der Waals surface area contributed by atoms with E-state index >= 15 is 0 Å². The number of hydrogen-bond acceptors (Lipinski definition) is 4. The van der Waals surface area contributed by atoms with E-state index in [1.54, 1.807) is 16.6 Å². The van der Waals surface area contributed by atoms with Gasteiger partial charge in [-0.25, -0.2) is 14.3 Å². The number of carbonyl (C=O) groups is 1. The topological polar surface area (TPSA) is 56.5 Å². The Kier molecular flexibility index (Phi) is 4.16. The Hall–Kier alpha value is -2.40. The van der Waals surface area contributed by atoms with Crippen molar-refractivity contribution >= 4 is 23.2 Å². The van der Waals surface area contributed by atoms with Gasteiger partial charge in [0.2, 0.25) is 0 Å². The lowest BCUT2D eigenvalue weighted by Gasteiger charge is -2.31. The molecule has 28 heavy (non-hydrogen) atoms. The minimum Gasteiger partial charge on any atom is -0.462 e. The number of rotatable bonds is 3. The van der Waals surface area contributed by atoms with Gasteiger partial charge in [-0.3, -0.25) is 0 Å². The van der Waals surface area contributed by atoms with Crippen molar-refractivity contribution in [1.82, 2.24) is 14.6 Å². The minimum absolute atomic E-state index is 0.0472. The maximum absolute atomic E-state index is 12.5. The van der Waals surface area contributed by atoms with Gasteiger partial charge in [-0.1, -0.05) is 42.6 Å². The molecule has 1 fully saturated rings. The highest BCUT2D eigenvalue weighted by atomic mass is 35.5. The third-order valence-electron chi connectivity index (χ3n) is 6.48. The number of halogens is 1. The molecule has 2 aromatic heterocycles. The van der Waals surface area contributed by atoms with Gasteiger partial charge in [0.25, 0.3) is 0 Å². The SMILES string of the molecule is Cc1cnn2c(Cl)c3c(nc12)C1(CCCC1)C(COC(=O)c1ccccc1)C3. The molecule has 1 aromatic carbocycles. The molecular formula is C22H22ClN3O2. The van der Waals surface area contributed by atoms with Gasteiger partial charge < -0.3 is 4.74 Å². The molecule has 3 aromatic rings. The molecule has 0 saturated heterocycles. The first-order valence-electron chi connectivity index (χ1n) is 9.85. The Bertz CT molecular complexity index is 1050. The van der Waals surface area contributed by atoms with E-state index in [4.69, 9.17) is 21.3 Å². The van der Waals surface area contributed by atoms with Crippen LogP contribution in [0.1, 0.15) is 52.9 Å². The van der Waals surface area contributed by atoms with Crippen molar-refractivity contribution in [3.05, 3.63) is 64.1 Å². The van der Waals surface area contributed by atoms with Gasteiger partial charge in [0.15, 0.2) is 5.65 Å². The first-order valence-corrected chi connectivity index (χ1v) is 10.2. The third kappa shape index (κ3) is 2.56. The number of fused-ring (bicyclic) bond motifs is 3. The fraction of sp³-hybridized carbons (Fsp3) is 0.409. The van der Waals surface area contributed by atoms with E-state index in [0.29, 0.717) is 17.3 Å². The van der Waals surface area contributed by atoms with Crippen molar-refractivity contribution in [3.63, 3.8) is 0 Å². The number of ether oxygens (including phenoxy) is 1. The minimum atomic E-state index is -0.269. The molecule has 2 heterocycles. The van der Waals surface area contributed by atoms with Crippen LogP contribution in [-0.4, -0.2) is 27.2 Å². The van der Waals surface area contributed by atoms with E-state index in [9.17, 15) is 4.79 Å². The predicted molar refractivity (Wildman–Crippen MR) is 107 cm³/mol. The molecule has 0 aliphatic heterocycles. The molecule has 2 aliphatic rings. The molecule has 144 valence electrons. The third-order valence-corrected chi connectivity index (χ3v) is 6.87. The molecule has 6 heteroatoms. The standard InChI is InChI=1S/C22H22ClN3O2/c1-14-12-24-26-19(23)17-11-16(13-28-21(27)15-7-3-2-4-8-15)22(9-5-6-10-22)18(17)25-20(14)26/h2-4,7-8,12,16H,5-6,9-11,13H2,1H3. The molecular weight excluding hydrogens is 374 g/mol. The summed E-state index contributed by atoms with van der Waals surface area (Å²) < 4.78 is 7.47. The van der Waals surface area contributed by atoms with Gasteiger partial charge in [-0.05, 0) is 38.3 Å². The van der Waals surface area contributed by atoms with Crippen LogP contribution in [0.15, 0.2) is 36.5 Å². The molecule has 0 amide bonds. The zero-order valence-corrected chi connectivity index (χ0v) is 16.6. The van der Waals surface area contributed by atoms with Crippen LogP contribution in [0.3, 0.4) is 0 Å². The van der Waals surface area contributed by atoms with Crippen LogP contribution in [0, 0.1) is 12.8 Å². The molecule has 0 bridgehead atoms. The average Bonchev–Trinajstić information content (AvgIpc) is 3.42. The zero-order valence-electron chi connectivity index (χ0n) is 15.8. The number of nitrogens with zero attached hydrogens (tertiary/aromatic N) is 3. The first-order chi connectivity index (χ1) is 13.6. The zero-order chi connectivity index (χ0) is 19.3. The van der Waals surface area contributed by atoms with E-state index in [1.165, 1.54) is 12.8 Å². The quantitative estimate of drug-likeness (QED) is 0.483. The van der Waals surface area contributed by atoms with Crippen LogP contribution in [0.25, 0.3) is 5.65 Å². The van der Waals surface area contributed by atoms with Crippen LogP contribution in [-0.2, 0) is 16.6 Å². The van der Waals surface area contributed by atoms with Crippen LogP contribution in [0.4, 0.5) is 0 Å². The number of aryl methyl sites for hydroxylation is 1. The van der Waals surface area contributed by atoms with Crippen molar-refractivity contribution in [2.75, 3.05) is 6.61 Å². The van der Waals surface area contributed by atoms with E-state index in [2.05, 4.69) is 5.10 Å². The van der Waals surface area contributed by atoms with Gasteiger partial charge in [-0.15, -0.1) is 0 Å². The highest BCUT2D eigenvalue weighted by Gasteiger charge is 2.51. The number of benzene rings is 1. The van der Waals surface area contributed by atoms with Crippen LogP contribution < -0.4 is 0 Å². The first kappa shape index (κ1) is 17.7. The van der Waals surface area contributed by atoms with Crippen molar-refractivity contribution in [2.24, 2.45) is 5.92 Å². The van der Waals surface area contributed by atoms with E-state index in [0.717, 1.165) is 41.7 Å². The van der Waals surface area contributed by atoms with E-state index in [1.807, 2.05) is 31.3 Å². The van der Waals surface area contributed by atoms with Crippen molar-refractivity contribution < 1.29 is 9.53 Å². The maximum Gasteiger partial charge on any atom is 0.338 e. The summed E-state index contributed by atoms with van der Waals surface area (Å²) in [5, 5.41) is 5.04. The summed E-state index contributed by atoms with van der Waals surface area (Å²) >= 11 is 6.74. The van der Waals surface area contributed by atoms with Gasteiger partial charge in [-0.2, -0.15) is 5.10 Å². The Balaban J connectivity index is 1.48. The molecule has 5 nitrogen and oxygen atoms in total. The van der Waals surface area contributed by atoms with Crippen LogP contribution in [0.5, 0.6) is 0 Å². The summed E-state index contributed by atoms with van der Waals surface area (Å²) in [7, 11) is 0. The average molecular weight is 396 g/mol. The number of esters is 1. The summed E-state index contributed by atoms with van der Waals surface area (Å²) in [5.74, 6) is -0.0653. The van der Waals surface area contributed by atoms with Crippen molar-refractivity contribution in [2.45, 2.75) is 44.4 Å². The molecule has 2 aliphatic carbocycles. The fourth-order valence-electron chi connectivity index (χ4n) is 5.03. The van der Waals surface area contributed by atoms with Gasteiger partial charge in [0, 0.05) is 22.5 Å². The molecule has 1 unspecified atom stereocenters.